The van der Waals surface area contributed by atoms with E-state index in [0.29, 0.717) is 24.9 Å². The predicted molar refractivity (Wildman–Crippen MR) is 77.0 cm³/mol. The summed E-state index contributed by atoms with van der Waals surface area (Å²) in [6.07, 6.45) is 0. The Morgan fingerprint density at radius 3 is 2.71 bits per heavy atom. The zero-order valence-corrected chi connectivity index (χ0v) is 12.7. The molecule has 4 nitrogen and oxygen atoms in total. The summed E-state index contributed by atoms with van der Waals surface area (Å²) < 4.78 is 1.85. The molecule has 1 aromatic carbocycles. The Labute approximate surface area is 118 Å². The molecule has 0 saturated carbocycles. The van der Waals surface area contributed by atoms with E-state index in [1.165, 1.54) is 11.3 Å². The van der Waals surface area contributed by atoms with Crippen LogP contribution in [-0.4, -0.2) is 18.1 Å². The van der Waals surface area contributed by atoms with Crippen LogP contribution in [0.4, 0.5) is 5.00 Å². The quantitative estimate of drug-likeness (QED) is 0.749. The normalized spacial score (nSPS) is 10.8. The molecule has 0 radical (unpaired) electrons. The van der Waals surface area contributed by atoms with E-state index in [9.17, 15) is 9.90 Å². The molecule has 1 heterocycles. The number of aromatic hydroxyl groups is 1. The Balaban J connectivity index is 2.94. The summed E-state index contributed by atoms with van der Waals surface area (Å²) in [6.45, 7) is 0. The lowest BCUT2D eigenvalue weighted by molar-refractivity contribution is 0.100. The number of rotatable bonds is 2. The van der Waals surface area contributed by atoms with Crippen LogP contribution in [-0.2, 0) is 0 Å². The van der Waals surface area contributed by atoms with Gasteiger partial charge in [-0.1, -0.05) is 0 Å². The molecule has 0 fully saturated rings. The van der Waals surface area contributed by atoms with Crippen molar-refractivity contribution in [3.8, 4) is 5.75 Å². The van der Waals surface area contributed by atoms with E-state index in [-0.39, 0.29) is 5.75 Å². The average Bonchev–Trinajstić information content (AvgIpc) is 2.64. The molecule has 0 atom stereocenters. The van der Waals surface area contributed by atoms with E-state index in [0.717, 1.165) is 4.70 Å². The number of amides is 1. The maximum atomic E-state index is 11.5. The van der Waals surface area contributed by atoms with Gasteiger partial charge in [0.15, 0.2) is 0 Å². The van der Waals surface area contributed by atoms with Gasteiger partial charge in [-0.2, -0.15) is 0 Å². The second-order valence-corrected chi connectivity index (χ2v) is 5.99. The summed E-state index contributed by atoms with van der Waals surface area (Å²) in [6, 6.07) is 1.69. The molecule has 4 N–H and O–H groups in total. The number of primary amides is 1. The van der Waals surface area contributed by atoms with Gasteiger partial charge in [0, 0.05) is 12.4 Å². The van der Waals surface area contributed by atoms with Gasteiger partial charge in [0.25, 0.3) is 5.91 Å². The lowest BCUT2D eigenvalue weighted by Gasteiger charge is -2.02. The van der Waals surface area contributed by atoms with Crippen LogP contribution in [0.1, 0.15) is 10.4 Å². The van der Waals surface area contributed by atoms with Crippen LogP contribution < -0.4 is 11.1 Å². The van der Waals surface area contributed by atoms with Gasteiger partial charge < -0.3 is 16.2 Å². The molecule has 7 heteroatoms. The highest BCUT2D eigenvalue weighted by molar-refractivity contribution is 9.11. The number of nitrogens with one attached hydrogen (secondary N) is 1. The number of hydrogen-bond donors (Lipinski definition) is 3. The monoisotopic (exact) mass is 378 g/mol. The minimum absolute atomic E-state index is 0.109. The lowest BCUT2D eigenvalue weighted by Crippen LogP contribution is -2.12. The summed E-state index contributed by atoms with van der Waals surface area (Å²) in [7, 11) is 1.72. The second-order valence-electron chi connectivity index (χ2n) is 3.32. The predicted octanol–water partition coefficient (Wildman–Crippen LogP) is 3.27. The van der Waals surface area contributed by atoms with Crippen LogP contribution in [0.25, 0.3) is 10.1 Å². The van der Waals surface area contributed by atoms with Crippen molar-refractivity contribution in [1.82, 2.24) is 0 Å². The molecule has 0 aliphatic heterocycles. The molecule has 17 heavy (non-hydrogen) atoms. The van der Waals surface area contributed by atoms with E-state index < -0.39 is 5.91 Å². The molecule has 0 spiro atoms. The number of carbonyl (C=O) groups is 1. The maximum absolute atomic E-state index is 11.5. The zero-order chi connectivity index (χ0) is 12.7. The standard InChI is InChI=1S/C10H8Br2N2O2S/c1-14-10-5(9(13)16)3-2-4(11)7(15)6(12)8(3)17-10/h2,14-15H,1H3,(H2,13,16). The van der Waals surface area contributed by atoms with Gasteiger partial charge in [-0.25, -0.2) is 0 Å². The molecule has 2 rings (SSSR count). The van der Waals surface area contributed by atoms with Crippen molar-refractivity contribution in [2.24, 2.45) is 5.73 Å². The van der Waals surface area contributed by atoms with Gasteiger partial charge in [-0.05, 0) is 37.9 Å². The van der Waals surface area contributed by atoms with Crippen molar-refractivity contribution in [2.75, 3.05) is 12.4 Å². The molecule has 0 aliphatic rings. The third kappa shape index (κ3) is 1.92. The number of halogens is 2. The highest BCUT2D eigenvalue weighted by Crippen LogP contribution is 2.46. The molecule has 0 aliphatic carbocycles. The van der Waals surface area contributed by atoms with Gasteiger partial charge in [0.2, 0.25) is 0 Å². The number of benzene rings is 1. The average molecular weight is 380 g/mol. The summed E-state index contributed by atoms with van der Waals surface area (Å²) >= 11 is 7.90. The van der Waals surface area contributed by atoms with Gasteiger partial charge in [-0.3, -0.25) is 4.79 Å². The molecule has 2 aromatic rings. The number of carbonyl (C=O) groups excluding carboxylic acids is 1. The minimum Gasteiger partial charge on any atom is -0.506 e. The fourth-order valence-corrected chi connectivity index (χ4v) is 4.01. The van der Waals surface area contributed by atoms with E-state index in [1.807, 2.05) is 0 Å². The number of fused-ring (bicyclic) bond motifs is 1. The van der Waals surface area contributed by atoms with Gasteiger partial charge in [0.05, 0.1) is 19.2 Å². The second kappa shape index (κ2) is 4.47. The number of thiophene rings is 1. The zero-order valence-electron chi connectivity index (χ0n) is 8.67. The first-order chi connectivity index (χ1) is 7.97. The smallest absolute Gasteiger partial charge is 0.252 e. The van der Waals surface area contributed by atoms with Crippen LogP contribution >= 0.6 is 43.2 Å². The Hall–Kier alpha value is -0.790. The molecule has 90 valence electrons. The summed E-state index contributed by atoms with van der Waals surface area (Å²) in [5, 5.41) is 14.1. The van der Waals surface area contributed by atoms with E-state index >= 15 is 0 Å². The molecule has 0 unspecified atom stereocenters. The van der Waals surface area contributed by atoms with E-state index in [2.05, 4.69) is 37.2 Å². The number of anilines is 1. The third-order valence-electron chi connectivity index (χ3n) is 2.32. The van der Waals surface area contributed by atoms with Crippen molar-refractivity contribution in [3.63, 3.8) is 0 Å². The molecule has 1 amide bonds. The van der Waals surface area contributed by atoms with Gasteiger partial charge in [-0.15, -0.1) is 11.3 Å². The van der Waals surface area contributed by atoms with E-state index in [4.69, 9.17) is 5.73 Å². The summed E-state index contributed by atoms with van der Waals surface area (Å²) in [4.78, 5) is 11.5. The van der Waals surface area contributed by atoms with E-state index in [1.54, 1.807) is 13.1 Å². The number of nitrogens with two attached hydrogens (primary N) is 1. The minimum atomic E-state index is -0.495. The van der Waals surface area contributed by atoms with Crippen LogP contribution in [0.3, 0.4) is 0 Å². The summed E-state index contributed by atoms with van der Waals surface area (Å²) in [5.74, 6) is -0.387. The molecular weight excluding hydrogens is 372 g/mol. The molecule has 0 bridgehead atoms. The first kappa shape index (κ1) is 12.7. The van der Waals surface area contributed by atoms with Crippen LogP contribution in [0.5, 0.6) is 5.75 Å². The fraction of sp³-hybridized carbons (Fsp3) is 0.100. The maximum Gasteiger partial charge on any atom is 0.252 e. The largest absolute Gasteiger partial charge is 0.506 e. The number of hydrogen-bond acceptors (Lipinski definition) is 4. The molecule has 1 aromatic heterocycles. The van der Waals surface area contributed by atoms with Crippen molar-refractivity contribution < 1.29 is 9.90 Å². The van der Waals surface area contributed by atoms with Gasteiger partial charge in [0.1, 0.15) is 10.8 Å². The first-order valence-corrected chi connectivity index (χ1v) is 6.98. The number of phenolic OH excluding ortho intramolecular Hbond substituents is 1. The SMILES string of the molecule is CNc1sc2c(Br)c(O)c(Br)cc2c1C(N)=O. The topological polar surface area (TPSA) is 75.3 Å². The third-order valence-corrected chi connectivity index (χ3v) is 5.20. The first-order valence-electron chi connectivity index (χ1n) is 4.58. The Bertz CT molecular complexity index is 625. The van der Waals surface area contributed by atoms with Crippen molar-refractivity contribution in [2.45, 2.75) is 0 Å². The Kier molecular flexibility index (Phi) is 3.33. The Morgan fingerprint density at radius 1 is 1.53 bits per heavy atom. The van der Waals surface area contributed by atoms with Crippen LogP contribution in [0.2, 0.25) is 0 Å². The summed E-state index contributed by atoms with van der Waals surface area (Å²) in [5.41, 5.74) is 5.81. The molecular formula is C10H8Br2N2O2S. The van der Waals surface area contributed by atoms with Crippen molar-refractivity contribution in [3.05, 3.63) is 20.6 Å². The van der Waals surface area contributed by atoms with Crippen LogP contribution in [0, 0.1) is 0 Å². The Morgan fingerprint density at radius 2 is 2.18 bits per heavy atom. The van der Waals surface area contributed by atoms with Gasteiger partial charge >= 0.3 is 0 Å². The van der Waals surface area contributed by atoms with Crippen LogP contribution in [0.15, 0.2) is 15.0 Å². The van der Waals surface area contributed by atoms with Crippen molar-refractivity contribution >= 4 is 64.2 Å². The highest BCUT2D eigenvalue weighted by atomic mass is 79.9. The lowest BCUT2D eigenvalue weighted by atomic mass is 10.1. The molecule has 0 saturated heterocycles. The van der Waals surface area contributed by atoms with Crippen molar-refractivity contribution in [1.29, 1.82) is 0 Å². The fourth-order valence-electron chi connectivity index (χ4n) is 1.57. The highest BCUT2D eigenvalue weighted by Gasteiger charge is 2.20. The number of phenols is 1.